The summed E-state index contributed by atoms with van der Waals surface area (Å²) in [6, 6.07) is 23.5. The van der Waals surface area contributed by atoms with Crippen molar-refractivity contribution in [1.29, 1.82) is 0 Å². The third-order valence-electron chi connectivity index (χ3n) is 5.10. The number of nitrogens with zero attached hydrogens (tertiary/aromatic N) is 1. The molecular weight excluding hydrogens is 388 g/mol. The average Bonchev–Trinajstić information content (AvgIpc) is 2.81. The number of ether oxygens (including phenoxy) is 2. The Balaban J connectivity index is 1.61. The average molecular weight is 419 g/mol. The van der Waals surface area contributed by atoms with Crippen molar-refractivity contribution >= 4 is 5.91 Å². The molecule has 1 N–H and O–H groups in total. The van der Waals surface area contributed by atoms with Crippen LogP contribution >= 0.6 is 0 Å². The molecule has 5 heteroatoms. The van der Waals surface area contributed by atoms with E-state index in [4.69, 9.17) is 9.47 Å². The van der Waals surface area contributed by atoms with Crippen molar-refractivity contribution in [2.24, 2.45) is 0 Å². The van der Waals surface area contributed by atoms with Gasteiger partial charge in [0, 0.05) is 18.7 Å². The molecule has 0 fully saturated rings. The minimum Gasteiger partial charge on any atom is -0.493 e. The van der Waals surface area contributed by atoms with Gasteiger partial charge in [-0.15, -0.1) is 0 Å². The van der Waals surface area contributed by atoms with Crippen LogP contribution in [0.1, 0.15) is 34.0 Å². The second-order valence-corrected chi connectivity index (χ2v) is 7.47. The van der Waals surface area contributed by atoms with Gasteiger partial charge in [0.05, 0.1) is 7.11 Å². The van der Waals surface area contributed by atoms with Crippen LogP contribution in [0.25, 0.3) is 0 Å². The van der Waals surface area contributed by atoms with Crippen LogP contribution in [0.2, 0.25) is 0 Å². The number of amides is 1. The summed E-state index contributed by atoms with van der Waals surface area (Å²) < 4.78 is 11.3. The van der Waals surface area contributed by atoms with E-state index in [1.807, 2.05) is 42.5 Å². The number of carbonyl (C=O) groups excluding carboxylic acids is 1. The molecule has 0 saturated carbocycles. The van der Waals surface area contributed by atoms with Gasteiger partial charge in [-0.3, -0.25) is 4.79 Å². The summed E-state index contributed by atoms with van der Waals surface area (Å²) in [5.74, 6) is 0.993. The summed E-state index contributed by atoms with van der Waals surface area (Å²) >= 11 is 0. The Labute approximate surface area is 184 Å². The van der Waals surface area contributed by atoms with Gasteiger partial charge in [0.25, 0.3) is 5.91 Å². The zero-order chi connectivity index (χ0) is 22.1. The first-order valence-corrected chi connectivity index (χ1v) is 10.5. The molecule has 0 bridgehead atoms. The van der Waals surface area contributed by atoms with E-state index >= 15 is 0 Å². The van der Waals surface area contributed by atoms with Gasteiger partial charge in [0.15, 0.2) is 11.5 Å². The van der Waals surface area contributed by atoms with Crippen molar-refractivity contribution in [3.05, 3.63) is 95.1 Å². The fourth-order valence-electron chi connectivity index (χ4n) is 3.21. The van der Waals surface area contributed by atoms with Crippen LogP contribution in [0.15, 0.2) is 72.8 Å². The van der Waals surface area contributed by atoms with Gasteiger partial charge in [-0.05, 0) is 48.5 Å². The maximum Gasteiger partial charge on any atom is 0.251 e. The number of hydrogen-bond donors (Lipinski definition) is 1. The number of nitrogens with one attached hydrogen (secondary N) is 1. The monoisotopic (exact) mass is 418 g/mol. The SMILES string of the molecule is CCN(C)Cc1cccc(CNC(=O)c2ccc(OCc3ccccc3)c(OC)c2)c1. The molecule has 0 aliphatic rings. The van der Waals surface area contributed by atoms with Gasteiger partial charge in [0.2, 0.25) is 0 Å². The molecule has 5 nitrogen and oxygen atoms in total. The lowest BCUT2D eigenvalue weighted by Gasteiger charge is -2.15. The molecule has 0 radical (unpaired) electrons. The lowest BCUT2D eigenvalue weighted by atomic mass is 10.1. The first-order chi connectivity index (χ1) is 15.1. The maximum atomic E-state index is 12.7. The van der Waals surface area contributed by atoms with Crippen molar-refractivity contribution in [3.63, 3.8) is 0 Å². The standard InChI is InChI=1S/C26H30N2O3/c1-4-28(2)18-22-12-8-11-21(15-22)17-27-26(29)23-13-14-24(25(16-23)30-3)31-19-20-9-6-5-7-10-20/h5-16H,4,17-19H2,1-3H3,(H,27,29). The fourth-order valence-corrected chi connectivity index (χ4v) is 3.21. The zero-order valence-electron chi connectivity index (χ0n) is 18.4. The van der Waals surface area contributed by atoms with Crippen LogP contribution in [-0.2, 0) is 19.7 Å². The molecule has 0 unspecified atom stereocenters. The Morgan fingerprint density at radius 1 is 0.903 bits per heavy atom. The lowest BCUT2D eigenvalue weighted by molar-refractivity contribution is 0.0950. The summed E-state index contributed by atoms with van der Waals surface area (Å²) in [6.45, 7) is 4.92. The molecule has 162 valence electrons. The highest BCUT2D eigenvalue weighted by molar-refractivity contribution is 5.94. The summed E-state index contributed by atoms with van der Waals surface area (Å²) in [4.78, 5) is 14.9. The molecule has 0 heterocycles. The number of methoxy groups -OCH3 is 1. The fraction of sp³-hybridized carbons (Fsp3) is 0.269. The largest absolute Gasteiger partial charge is 0.493 e. The van der Waals surface area contributed by atoms with Gasteiger partial charge in [-0.25, -0.2) is 0 Å². The molecule has 0 atom stereocenters. The number of carbonyl (C=O) groups is 1. The Kier molecular flexibility index (Phi) is 8.07. The van der Waals surface area contributed by atoms with Crippen LogP contribution in [-0.4, -0.2) is 31.5 Å². The quantitative estimate of drug-likeness (QED) is 0.520. The molecule has 1 amide bonds. The molecule has 0 aliphatic heterocycles. The van der Waals surface area contributed by atoms with Crippen LogP contribution in [0.5, 0.6) is 11.5 Å². The van der Waals surface area contributed by atoms with Crippen molar-refractivity contribution < 1.29 is 14.3 Å². The van der Waals surface area contributed by atoms with E-state index in [0.717, 1.165) is 24.2 Å². The highest BCUT2D eigenvalue weighted by atomic mass is 16.5. The third-order valence-corrected chi connectivity index (χ3v) is 5.10. The summed E-state index contributed by atoms with van der Waals surface area (Å²) in [7, 11) is 3.67. The van der Waals surface area contributed by atoms with Crippen molar-refractivity contribution in [1.82, 2.24) is 10.2 Å². The van der Waals surface area contributed by atoms with Crippen molar-refractivity contribution in [2.45, 2.75) is 26.6 Å². The van der Waals surface area contributed by atoms with E-state index in [9.17, 15) is 4.79 Å². The molecule has 3 aromatic rings. The van der Waals surface area contributed by atoms with Gasteiger partial charge in [0.1, 0.15) is 6.61 Å². The number of benzene rings is 3. The van der Waals surface area contributed by atoms with E-state index in [-0.39, 0.29) is 5.91 Å². The van der Waals surface area contributed by atoms with E-state index < -0.39 is 0 Å². The van der Waals surface area contributed by atoms with Crippen molar-refractivity contribution in [2.75, 3.05) is 20.7 Å². The number of hydrogen-bond acceptors (Lipinski definition) is 4. The highest BCUT2D eigenvalue weighted by Gasteiger charge is 2.12. The second kappa shape index (κ2) is 11.2. The van der Waals surface area contributed by atoms with E-state index in [2.05, 4.69) is 36.3 Å². The van der Waals surface area contributed by atoms with E-state index in [1.54, 1.807) is 25.3 Å². The molecule has 31 heavy (non-hydrogen) atoms. The lowest BCUT2D eigenvalue weighted by Crippen LogP contribution is -2.23. The predicted octanol–water partition coefficient (Wildman–Crippen LogP) is 4.66. The van der Waals surface area contributed by atoms with Crippen LogP contribution in [0.3, 0.4) is 0 Å². The van der Waals surface area contributed by atoms with Gasteiger partial charge in [-0.1, -0.05) is 61.5 Å². The molecule has 0 aromatic heterocycles. The van der Waals surface area contributed by atoms with Gasteiger partial charge < -0.3 is 19.7 Å². The first kappa shape index (κ1) is 22.4. The predicted molar refractivity (Wildman–Crippen MR) is 123 cm³/mol. The van der Waals surface area contributed by atoms with Crippen LogP contribution in [0, 0.1) is 0 Å². The molecule has 0 aliphatic carbocycles. The summed E-state index contributed by atoms with van der Waals surface area (Å²) in [6.07, 6.45) is 0. The van der Waals surface area contributed by atoms with Gasteiger partial charge in [-0.2, -0.15) is 0 Å². The van der Waals surface area contributed by atoms with Gasteiger partial charge >= 0.3 is 0 Å². The molecule has 3 rings (SSSR count). The Hall–Kier alpha value is -3.31. The third kappa shape index (κ3) is 6.59. The second-order valence-electron chi connectivity index (χ2n) is 7.47. The summed E-state index contributed by atoms with van der Waals surface area (Å²) in [5, 5.41) is 2.99. The minimum absolute atomic E-state index is 0.149. The molecular formula is C26H30N2O3. The Morgan fingerprint density at radius 3 is 2.39 bits per heavy atom. The number of rotatable bonds is 10. The summed E-state index contributed by atoms with van der Waals surface area (Å²) in [5.41, 5.74) is 3.91. The maximum absolute atomic E-state index is 12.7. The van der Waals surface area contributed by atoms with Crippen molar-refractivity contribution in [3.8, 4) is 11.5 Å². The van der Waals surface area contributed by atoms with Crippen LogP contribution < -0.4 is 14.8 Å². The van der Waals surface area contributed by atoms with E-state index in [1.165, 1.54) is 5.56 Å². The topological polar surface area (TPSA) is 50.8 Å². The molecule has 0 spiro atoms. The molecule has 3 aromatic carbocycles. The molecule has 0 saturated heterocycles. The first-order valence-electron chi connectivity index (χ1n) is 10.5. The Morgan fingerprint density at radius 2 is 1.65 bits per heavy atom. The minimum atomic E-state index is -0.149. The van der Waals surface area contributed by atoms with Crippen LogP contribution in [0.4, 0.5) is 0 Å². The van der Waals surface area contributed by atoms with E-state index in [0.29, 0.717) is 30.2 Å². The smallest absolute Gasteiger partial charge is 0.251 e. The highest BCUT2D eigenvalue weighted by Crippen LogP contribution is 2.29. The Bertz CT molecular complexity index is 989. The zero-order valence-corrected chi connectivity index (χ0v) is 18.4. The normalized spacial score (nSPS) is 10.7.